The molecular weight excluding hydrogens is 238 g/mol. The maximum atomic E-state index is 4.56. The number of unbranched alkanes of at least 4 members (excludes halogenated alkanes) is 1. The van der Waals surface area contributed by atoms with Crippen LogP contribution in [0.4, 0.5) is 11.8 Å². The number of nitrogens with one attached hydrogen (secondary N) is 1. The number of hydrogen-bond donors (Lipinski definition) is 1. The summed E-state index contributed by atoms with van der Waals surface area (Å²) in [6.45, 7) is 3.17. The first-order valence-corrected chi connectivity index (χ1v) is 7.47. The zero-order valence-electron chi connectivity index (χ0n) is 12.1. The lowest BCUT2D eigenvalue weighted by Gasteiger charge is -2.23. The van der Waals surface area contributed by atoms with Crippen LogP contribution in [0.3, 0.4) is 0 Å². The van der Waals surface area contributed by atoms with E-state index in [-0.39, 0.29) is 0 Å². The Kier molecular flexibility index (Phi) is 5.36. The van der Waals surface area contributed by atoms with Crippen molar-refractivity contribution in [3.05, 3.63) is 6.20 Å². The van der Waals surface area contributed by atoms with Crippen LogP contribution in [0.2, 0.25) is 0 Å². The van der Waals surface area contributed by atoms with Gasteiger partial charge in [0, 0.05) is 19.6 Å². The molecule has 0 bridgehead atoms. The molecule has 1 aromatic rings. The number of nitrogens with zero attached hydrogens (tertiary/aromatic N) is 4. The molecule has 5 heteroatoms. The van der Waals surface area contributed by atoms with Gasteiger partial charge in [-0.1, -0.05) is 32.6 Å². The topological polar surface area (TPSA) is 53.9 Å². The molecule has 0 radical (unpaired) electrons. The van der Waals surface area contributed by atoms with E-state index >= 15 is 0 Å². The minimum atomic E-state index is 0.555. The van der Waals surface area contributed by atoms with E-state index in [1.807, 2.05) is 7.05 Å². The van der Waals surface area contributed by atoms with Crippen LogP contribution in [-0.4, -0.2) is 34.8 Å². The molecule has 0 aromatic carbocycles. The molecule has 5 nitrogen and oxygen atoms in total. The van der Waals surface area contributed by atoms with Crippen molar-refractivity contribution in [2.45, 2.75) is 57.9 Å². The first-order valence-electron chi connectivity index (χ1n) is 7.47. The minimum Gasteiger partial charge on any atom is -0.366 e. The highest BCUT2D eigenvalue weighted by Gasteiger charge is 2.14. The van der Waals surface area contributed by atoms with Gasteiger partial charge in [0.2, 0.25) is 5.95 Å². The molecule has 1 N–H and O–H groups in total. The third-order valence-corrected chi connectivity index (χ3v) is 3.69. The van der Waals surface area contributed by atoms with Crippen LogP contribution < -0.4 is 10.2 Å². The van der Waals surface area contributed by atoms with E-state index in [0.29, 0.717) is 12.0 Å². The molecular formula is C14H25N5. The number of aromatic nitrogens is 3. The fraction of sp³-hybridized carbons (Fsp3) is 0.786. The van der Waals surface area contributed by atoms with E-state index in [2.05, 4.69) is 32.3 Å². The van der Waals surface area contributed by atoms with Crippen molar-refractivity contribution >= 4 is 11.8 Å². The second-order valence-electron chi connectivity index (χ2n) is 5.40. The van der Waals surface area contributed by atoms with Crippen LogP contribution in [0, 0.1) is 0 Å². The molecule has 1 aromatic heterocycles. The first-order chi connectivity index (χ1) is 9.29. The van der Waals surface area contributed by atoms with Crippen molar-refractivity contribution in [2.24, 2.45) is 0 Å². The Morgan fingerprint density at radius 3 is 2.84 bits per heavy atom. The van der Waals surface area contributed by atoms with Gasteiger partial charge in [0.1, 0.15) is 0 Å². The zero-order valence-corrected chi connectivity index (χ0v) is 12.1. The second-order valence-corrected chi connectivity index (χ2v) is 5.40. The monoisotopic (exact) mass is 263 g/mol. The number of hydrogen-bond acceptors (Lipinski definition) is 5. The van der Waals surface area contributed by atoms with Gasteiger partial charge in [-0.25, -0.2) is 0 Å². The van der Waals surface area contributed by atoms with E-state index in [1.54, 1.807) is 6.20 Å². The van der Waals surface area contributed by atoms with Gasteiger partial charge >= 0.3 is 0 Å². The van der Waals surface area contributed by atoms with E-state index in [1.165, 1.54) is 38.5 Å². The normalized spacial score (nSPS) is 16.3. The molecule has 0 amide bonds. The molecule has 0 atom stereocenters. The smallest absolute Gasteiger partial charge is 0.247 e. The van der Waals surface area contributed by atoms with E-state index in [9.17, 15) is 0 Å². The van der Waals surface area contributed by atoms with Gasteiger partial charge in [-0.05, 0) is 19.3 Å². The van der Waals surface area contributed by atoms with Crippen LogP contribution in [0.1, 0.15) is 51.9 Å². The Morgan fingerprint density at radius 2 is 2.11 bits per heavy atom. The maximum Gasteiger partial charge on any atom is 0.247 e. The predicted molar refractivity (Wildman–Crippen MR) is 78.5 cm³/mol. The summed E-state index contributed by atoms with van der Waals surface area (Å²) < 4.78 is 0. The summed E-state index contributed by atoms with van der Waals surface area (Å²) in [5.74, 6) is 1.58. The number of rotatable bonds is 6. The van der Waals surface area contributed by atoms with Gasteiger partial charge in [-0.3, -0.25) is 0 Å². The lowest BCUT2D eigenvalue weighted by atomic mass is 9.96. The van der Waals surface area contributed by atoms with Crippen LogP contribution in [0.5, 0.6) is 0 Å². The quantitative estimate of drug-likeness (QED) is 0.855. The molecule has 19 heavy (non-hydrogen) atoms. The summed E-state index contributed by atoms with van der Waals surface area (Å²) in [5.41, 5.74) is 0. The fourth-order valence-electron chi connectivity index (χ4n) is 2.48. The summed E-state index contributed by atoms with van der Waals surface area (Å²) in [4.78, 5) is 6.63. The fourth-order valence-corrected chi connectivity index (χ4v) is 2.48. The molecule has 1 heterocycles. The van der Waals surface area contributed by atoms with Crippen molar-refractivity contribution in [1.82, 2.24) is 15.2 Å². The SMILES string of the molecule is CCCCN(C)c1nncc(NC2CCCCC2)n1. The van der Waals surface area contributed by atoms with Crippen molar-refractivity contribution in [3.63, 3.8) is 0 Å². The second kappa shape index (κ2) is 7.26. The summed E-state index contributed by atoms with van der Waals surface area (Å²) in [5, 5.41) is 11.7. The van der Waals surface area contributed by atoms with Gasteiger partial charge in [0.15, 0.2) is 5.82 Å². The highest BCUT2D eigenvalue weighted by atomic mass is 15.3. The highest BCUT2D eigenvalue weighted by molar-refractivity contribution is 5.39. The van der Waals surface area contributed by atoms with E-state index < -0.39 is 0 Å². The predicted octanol–water partition coefficient (Wildman–Crippen LogP) is 2.85. The molecule has 0 unspecified atom stereocenters. The van der Waals surface area contributed by atoms with Gasteiger partial charge in [0.25, 0.3) is 0 Å². The van der Waals surface area contributed by atoms with Crippen molar-refractivity contribution < 1.29 is 0 Å². The molecule has 106 valence electrons. The molecule has 0 spiro atoms. The molecule has 2 rings (SSSR count). The van der Waals surface area contributed by atoms with E-state index in [4.69, 9.17) is 0 Å². The highest BCUT2D eigenvalue weighted by Crippen LogP contribution is 2.20. The molecule has 1 aliphatic rings. The van der Waals surface area contributed by atoms with Gasteiger partial charge in [-0.2, -0.15) is 10.1 Å². The van der Waals surface area contributed by atoms with E-state index in [0.717, 1.165) is 18.8 Å². The Hall–Kier alpha value is -1.39. The third-order valence-electron chi connectivity index (χ3n) is 3.69. The van der Waals surface area contributed by atoms with Crippen LogP contribution in [0.15, 0.2) is 6.20 Å². The molecule has 1 fully saturated rings. The molecule has 1 saturated carbocycles. The molecule has 0 aliphatic heterocycles. The Labute approximate surface area is 115 Å². The summed E-state index contributed by atoms with van der Waals surface area (Å²) >= 11 is 0. The van der Waals surface area contributed by atoms with Gasteiger partial charge < -0.3 is 10.2 Å². The Bertz CT molecular complexity index is 376. The zero-order chi connectivity index (χ0) is 13.5. The van der Waals surface area contributed by atoms with Crippen LogP contribution >= 0.6 is 0 Å². The Balaban J connectivity index is 1.93. The largest absolute Gasteiger partial charge is 0.366 e. The van der Waals surface area contributed by atoms with Gasteiger partial charge in [-0.15, -0.1) is 5.10 Å². The average Bonchev–Trinajstić information content (AvgIpc) is 2.46. The maximum absolute atomic E-state index is 4.56. The first kappa shape index (κ1) is 14.0. The van der Waals surface area contributed by atoms with Crippen molar-refractivity contribution in [1.29, 1.82) is 0 Å². The van der Waals surface area contributed by atoms with Crippen LogP contribution in [0.25, 0.3) is 0 Å². The van der Waals surface area contributed by atoms with Gasteiger partial charge in [0.05, 0.1) is 6.20 Å². The average molecular weight is 263 g/mol. The minimum absolute atomic E-state index is 0.555. The summed E-state index contributed by atoms with van der Waals surface area (Å²) in [6, 6.07) is 0.555. The lowest BCUT2D eigenvalue weighted by molar-refractivity contribution is 0.461. The molecule has 1 aliphatic carbocycles. The third kappa shape index (κ3) is 4.33. The standard InChI is InChI=1S/C14H25N5/c1-3-4-10-19(2)14-17-13(11-15-18-14)16-12-8-6-5-7-9-12/h11-12H,3-10H2,1-2H3,(H,16,17,18). The summed E-state index contributed by atoms with van der Waals surface area (Å²) in [6.07, 6.45) is 10.5. The van der Waals surface area contributed by atoms with Crippen molar-refractivity contribution in [2.75, 3.05) is 23.8 Å². The van der Waals surface area contributed by atoms with Crippen molar-refractivity contribution in [3.8, 4) is 0 Å². The Morgan fingerprint density at radius 1 is 1.32 bits per heavy atom. The lowest BCUT2D eigenvalue weighted by Crippen LogP contribution is -2.25. The molecule has 0 saturated heterocycles. The number of anilines is 2. The van der Waals surface area contributed by atoms with Crippen LogP contribution in [-0.2, 0) is 0 Å². The summed E-state index contributed by atoms with van der Waals surface area (Å²) in [7, 11) is 2.02.